The zero-order valence-electron chi connectivity index (χ0n) is 18.5. The second kappa shape index (κ2) is 9.75. The zero-order valence-corrected chi connectivity index (χ0v) is 18.5. The van der Waals surface area contributed by atoms with Crippen LogP contribution in [-0.4, -0.2) is 23.7 Å². The van der Waals surface area contributed by atoms with E-state index in [1.807, 2.05) is 19.1 Å². The quantitative estimate of drug-likeness (QED) is 0.448. The number of carbonyl (C=O) groups is 1. The number of allylic oxidation sites excluding steroid dienone is 1. The van der Waals surface area contributed by atoms with E-state index in [1.165, 1.54) is 22.3 Å². The molecule has 0 saturated carbocycles. The minimum absolute atomic E-state index is 0.0519. The summed E-state index contributed by atoms with van der Waals surface area (Å²) in [6, 6.07) is 10.3. The van der Waals surface area contributed by atoms with E-state index in [4.69, 9.17) is 14.5 Å². The lowest BCUT2D eigenvalue weighted by Crippen LogP contribution is -2.24. The molecule has 1 aromatic carbocycles. The summed E-state index contributed by atoms with van der Waals surface area (Å²) in [5, 5.41) is 0. The summed E-state index contributed by atoms with van der Waals surface area (Å²) in [7, 11) is 0. The van der Waals surface area contributed by atoms with Gasteiger partial charge in [-0.2, -0.15) is 0 Å². The average Bonchev–Trinajstić information content (AvgIpc) is 2.71. The van der Waals surface area contributed by atoms with Gasteiger partial charge in [-0.05, 0) is 80.5 Å². The van der Waals surface area contributed by atoms with Gasteiger partial charge in [-0.25, -0.2) is 0 Å². The van der Waals surface area contributed by atoms with Crippen molar-refractivity contribution in [1.29, 1.82) is 0 Å². The molecule has 3 rings (SSSR count). The third-order valence-electron chi connectivity index (χ3n) is 5.48. The number of hydrogen-bond donors (Lipinski definition) is 0. The monoisotopic (exact) mass is 405 g/mol. The van der Waals surface area contributed by atoms with Gasteiger partial charge >= 0.3 is 5.97 Å². The molecule has 1 unspecified atom stereocenters. The maximum Gasteiger partial charge on any atom is 0.306 e. The van der Waals surface area contributed by atoms with Gasteiger partial charge in [-0.15, -0.1) is 0 Å². The predicted octanol–water partition coefficient (Wildman–Crippen LogP) is 5.55. The van der Waals surface area contributed by atoms with E-state index in [1.54, 1.807) is 0 Å². The van der Waals surface area contributed by atoms with Crippen molar-refractivity contribution in [3.8, 4) is 5.75 Å². The molecule has 0 aliphatic carbocycles. The first-order chi connectivity index (χ1) is 14.4. The standard InChI is InChI=1S/C26H31NO3/c1-6-29-25(28)15-11-21-10-13-24-22(27-21)12-14-23(30-24)19(4)16-20(5)26-17(2)8-7-9-18(26)3/h7-10,13,16,23H,4,6,11-12,14-15H2,1-3,5H3/b20-16+. The summed E-state index contributed by atoms with van der Waals surface area (Å²) in [5.41, 5.74) is 7.86. The lowest BCUT2D eigenvalue weighted by atomic mass is 9.93. The number of aromatic nitrogens is 1. The Morgan fingerprint density at radius 1 is 1.27 bits per heavy atom. The summed E-state index contributed by atoms with van der Waals surface area (Å²) >= 11 is 0. The van der Waals surface area contributed by atoms with Crippen LogP contribution in [0.15, 0.2) is 48.6 Å². The van der Waals surface area contributed by atoms with Crippen LogP contribution in [0.5, 0.6) is 5.75 Å². The minimum atomic E-state index is -0.185. The summed E-state index contributed by atoms with van der Waals surface area (Å²) in [6.45, 7) is 12.9. The summed E-state index contributed by atoms with van der Waals surface area (Å²) in [5.74, 6) is 0.626. The lowest BCUT2D eigenvalue weighted by Gasteiger charge is -2.26. The minimum Gasteiger partial charge on any atom is -0.484 e. The Balaban J connectivity index is 1.67. The van der Waals surface area contributed by atoms with Crippen molar-refractivity contribution < 1.29 is 14.3 Å². The first kappa shape index (κ1) is 21.8. The number of nitrogens with zero attached hydrogens (tertiary/aromatic N) is 1. The van der Waals surface area contributed by atoms with Crippen LogP contribution in [-0.2, 0) is 22.4 Å². The Morgan fingerprint density at radius 2 is 2.00 bits per heavy atom. The normalized spacial score (nSPS) is 15.9. The van der Waals surface area contributed by atoms with Gasteiger partial charge in [0, 0.05) is 12.1 Å². The second-order valence-corrected chi connectivity index (χ2v) is 7.87. The summed E-state index contributed by atoms with van der Waals surface area (Å²) < 4.78 is 11.2. The van der Waals surface area contributed by atoms with Gasteiger partial charge in [0.2, 0.25) is 0 Å². The largest absolute Gasteiger partial charge is 0.484 e. The van der Waals surface area contributed by atoms with E-state index < -0.39 is 0 Å². The van der Waals surface area contributed by atoms with Crippen LogP contribution in [0.3, 0.4) is 0 Å². The number of carbonyl (C=O) groups excluding carboxylic acids is 1. The summed E-state index contributed by atoms with van der Waals surface area (Å²) in [6.07, 6.45) is 4.71. The van der Waals surface area contributed by atoms with Gasteiger partial charge in [0.25, 0.3) is 0 Å². The first-order valence-corrected chi connectivity index (χ1v) is 10.6. The predicted molar refractivity (Wildman–Crippen MR) is 121 cm³/mol. The van der Waals surface area contributed by atoms with E-state index in [2.05, 4.69) is 51.6 Å². The van der Waals surface area contributed by atoms with Crippen LogP contribution in [0.2, 0.25) is 0 Å². The number of rotatable bonds is 7. The number of hydrogen-bond acceptors (Lipinski definition) is 4. The van der Waals surface area contributed by atoms with Crippen molar-refractivity contribution in [2.45, 2.75) is 59.5 Å². The Labute approximate surface area is 179 Å². The van der Waals surface area contributed by atoms with Crippen molar-refractivity contribution in [1.82, 2.24) is 4.98 Å². The molecule has 0 radical (unpaired) electrons. The maximum absolute atomic E-state index is 11.6. The van der Waals surface area contributed by atoms with Crippen molar-refractivity contribution >= 4 is 11.5 Å². The van der Waals surface area contributed by atoms with E-state index in [0.29, 0.717) is 19.4 Å². The highest BCUT2D eigenvalue weighted by Gasteiger charge is 2.23. The van der Waals surface area contributed by atoms with Crippen molar-refractivity contribution in [3.05, 3.63) is 76.6 Å². The highest BCUT2D eigenvalue weighted by Crippen LogP contribution is 2.31. The third-order valence-corrected chi connectivity index (χ3v) is 5.48. The molecule has 2 heterocycles. The van der Waals surface area contributed by atoms with Crippen LogP contribution in [0, 0.1) is 13.8 Å². The Hall–Kier alpha value is -2.88. The molecule has 1 atom stereocenters. The molecule has 0 amide bonds. The van der Waals surface area contributed by atoms with E-state index in [0.717, 1.165) is 35.6 Å². The van der Waals surface area contributed by atoms with Crippen molar-refractivity contribution in [2.75, 3.05) is 6.61 Å². The Bertz CT molecular complexity index is 954. The first-order valence-electron chi connectivity index (χ1n) is 10.6. The average molecular weight is 406 g/mol. The third kappa shape index (κ3) is 5.18. The van der Waals surface area contributed by atoms with Gasteiger partial charge < -0.3 is 9.47 Å². The molecule has 0 fully saturated rings. The van der Waals surface area contributed by atoms with E-state index in [-0.39, 0.29) is 12.1 Å². The second-order valence-electron chi connectivity index (χ2n) is 7.87. The van der Waals surface area contributed by atoms with Gasteiger partial charge in [0.05, 0.1) is 18.7 Å². The van der Waals surface area contributed by atoms with E-state index >= 15 is 0 Å². The fourth-order valence-electron chi connectivity index (χ4n) is 4.04. The maximum atomic E-state index is 11.6. The van der Waals surface area contributed by atoms with Gasteiger partial charge in [-0.1, -0.05) is 30.9 Å². The molecule has 4 nitrogen and oxygen atoms in total. The van der Waals surface area contributed by atoms with Crippen LogP contribution in [0.4, 0.5) is 0 Å². The number of fused-ring (bicyclic) bond motifs is 1. The number of aryl methyl sites for hydroxylation is 4. The van der Waals surface area contributed by atoms with Crippen LogP contribution >= 0.6 is 0 Å². The number of pyridine rings is 1. The molecule has 2 aromatic rings. The fraction of sp³-hybridized carbons (Fsp3) is 0.385. The van der Waals surface area contributed by atoms with Crippen LogP contribution < -0.4 is 4.74 Å². The lowest BCUT2D eigenvalue weighted by molar-refractivity contribution is -0.143. The van der Waals surface area contributed by atoms with Crippen molar-refractivity contribution in [2.24, 2.45) is 0 Å². The number of ether oxygens (including phenoxy) is 2. The molecule has 1 aliphatic rings. The molecule has 0 saturated heterocycles. The molecule has 1 aromatic heterocycles. The number of esters is 1. The molecule has 4 heteroatoms. The molecule has 0 bridgehead atoms. The zero-order chi connectivity index (χ0) is 21.7. The molecule has 0 spiro atoms. The highest BCUT2D eigenvalue weighted by atomic mass is 16.5. The number of benzene rings is 1. The SMILES string of the molecule is C=C(/C=C(\C)c1c(C)cccc1C)C1CCc2nc(CCC(=O)OCC)ccc2O1. The Kier molecular flexibility index (Phi) is 7.09. The Morgan fingerprint density at radius 3 is 2.70 bits per heavy atom. The molecular weight excluding hydrogens is 374 g/mol. The molecule has 30 heavy (non-hydrogen) atoms. The van der Waals surface area contributed by atoms with Crippen molar-refractivity contribution in [3.63, 3.8) is 0 Å². The summed E-state index contributed by atoms with van der Waals surface area (Å²) in [4.78, 5) is 16.3. The highest BCUT2D eigenvalue weighted by molar-refractivity contribution is 5.71. The van der Waals surface area contributed by atoms with Gasteiger partial charge in [0.15, 0.2) is 0 Å². The van der Waals surface area contributed by atoms with Gasteiger partial charge in [-0.3, -0.25) is 9.78 Å². The van der Waals surface area contributed by atoms with Crippen LogP contribution in [0.1, 0.15) is 54.8 Å². The fourth-order valence-corrected chi connectivity index (χ4v) is 4.04. The molecule has 1 aliphatic heterocycles. The molecular formula is C26H31NO3. The molecule has 158 valence electrons. The topological polar surface area (TPSA) is 48.4 Å². The van der Waals surface area contributed by atoms with Gasteiger partial charge in [0.1, 0.15) is 11.9 Å². The van der Waals surface area contributed by atoms with E-state index in [9.17, 15) is 4.79 Å². The molecule has 0 N–H and O–H groups in total. The smallest absolute Gasteiger partial charge is 0.306 e. The van der Waals surface area contributed by atoms with Crippen LogP contribution in [0.25, 0.3) is 5.57 Å².